The number of hydrogen-bond donors (Lipinski definition) is 0. The van der Waals surface area contributed by atoms with E-state index in [2.05, 4.69) is 59.9 Å². The Morgan fingerprint density at radius 3 is 2.68 bits per heavy atom. The van der Waals surface area contributed by atoms with Gasteiger partial charge >= 0.3 is 0 Å². The first-order valence-corrected chi connectivity index (χ1v) is 8.24. The molecule has 104 valence electrons. The fourth-order valence-electron chi connectivity index (χ4n) is 2.53. The van der Waals surface area contributed by atoms with E-state index in [9.17, 15) is 0 Å². The minimum Gasteiger partial charge on any atom is -0.372 e. The van der Waals surface area contributed by atoms with Crippen LogP contribution in [0.4, 0.5) is 0 Å². The lowest BCUT2D eigenvalue weighted by atomic mass is 10.0. The predicted octanol–water partition coefficient (Wildman–Crippen LogP) is 3.13. The molecule has 0 amide bonds. The summed E-state index contributed by atoms with van der Waals surface area (Å²) in [5.41, 5.74) is 1.24. The lowest BCUT2D eigenvalue weighted by molar-refractivity contribution is 0.160. The zero-order chi connectivity index (χ0) is 13.7. The Bertz CT molecular complexity index is 401. The van der Waals surface area contributed by atoms with Crippen LogP contribution in [0.25, 0.3) is 0 Å². The van der Waals surface area contributed by atoms with Crippen molar-refractivity contribution in [3.63, 3.8) is 0 Å². The molecule has 2 nitrogen and oxygen atoms in total. The number of nitrogens with zero attached hydrogens (tertiary/aromatic N) is 2. The van der Waals surface area contributed by atoms with E-state index in [1.807, 2.05) is 0 Å². The Balaban J connectivity index is 2.00. The summed E-state index contributed by atoms with van der Waals surface area (Å²) in [6.07, 6.45) is 13.1. The number of allylic oxidation sites excluding steroid dienone is 4. The summed E-state index contributed by atoms with van der Waals surface area (Å²) in [5.74, 6) is 0.339. The molecule has 0 saturated carbocycles. The second-order valence-corrected chi connectivity index (χ2v) is 5.84. The van der Waals surface area contributed by atoms with Crippen molar-refractivity contribution in [3.05, 3.63) is 47.6 Å². The van der Waals surface area contributed by atoms with Gasteiger partial charge in [0.1, 0.15) is 0 Å². The lowest BCUT2D eigenvalue weighted by Gasteiger charge is -2.38. The number of thioether (sulfide) groups is 1. The largest absolute Gasteiger partial charge is 0.372 e. The third kappa shape index (κ3) is 3.77. The fourth-order valence-corrected chi connectivity index (χ4v) is 3.03. The Morgan fingerprint density at radius 2 is 2.05 bits per heavy atom. The Kier molecular flexibility index (Phi) is 5.34. The average molecular weight is 276 g/mol. The van der Waals surface area contributed by atoms with E-state index in [1.54, 1.807) is 11.8 Å². The van der Waals surface area contributed by atoms with Gasteiger partial charge in [0.15, 0.2) is 0 Å². The molecule has 2 rings (SSSR count). The normalized spacial score (nSPS) is 24.2. The van der Waals surface area contributed by atoms with Crippen LogP contribution in [-0.4, -0.2) is 48.8 Å². The molecule has 0 spiro atoms. The molecular formula is C16H24N2S. The fraction of sp³-hybridized carbons (Fsp3) is 0.500. The topological polar surface area (TPSA) is 6.48 Å². The van der Waals surface area contributed by atoms with Crippen LogP contribution in [0.3, 0.4) is 0 Å². The first-order valence-electron chi connectivity index (χ1n) is 7.01. The maximum Gasteiger partial charge on any atom is 0.0360 e. The van der Waals surface area contributed by atoms with Crippen molar-refractivity contribution in [2.75, 3.05) is 39.0 Å². The van der Waals surface area contributed by atoms with E-state index in [0.29, 0.717) is 5.92 Å². The molecule has 0 radical (unpaired) electrons. The Labute approximate surface area is 121 Å². The van der Waals surface area contributed by atoms with Crippen LogP contribution in [0.5, 0.6) is 0 Å². The molecule has 1 aliphatic carbocycles. The van der Waals surface area contributed by atoms with Gasteiger partial charge < -0.3 is 9.80 Å². The molecular weight excluding hydrogens is 252 g/mol. The molecule has 19 heavy (non-hydrogen) atoms. The molecule has 0 bridgehead atoms. The van der Waals surface area contributed by atoms with Crippen LogP contribution in [0, 0.1) is 5.92 Å². The van der Waals surface area contributed by atoms with Gasteiger partial charge in [-0.1, -0.05) is 37.8 Å². The average Bonchev–Trinajstić information content (AvgIpc) is 2.72. The third-order valence-electron chi connectivity index (χ3n) is 3.88. The van der Waals surface area contributed by atoms with Crippen LogP contribution in [0.1, 0.15) is 6.92 Å². The molecule has 2 aliphatic rings. The number of rotatable bonds is 4. The molecule has 0 N–H and O–H groups in total. The molecule has 1 unspecified atom stereocenters. The van der Waals surface area contributed by atoms with Gasteiger partial charge in [-0.15, -0.1) is 11.8 Å². The van der Waals surface area contributed by atoms with Gasteiger partial charge in [-0.05, 0) is 18.9 Å². The van der Waals surface area contributed by atoms with Crippen molar-refractivity contribution < 1.29 is 0 Å². The highest BCUT2D eigenvalue weighted by molar-refractivity contribution is 8.02. The van der Waals surface area contributed by atoms with E-state index >= 15 is 0 Å². The lowest BCUT2D eigenvalue weighted by Crippen LogP contribution is -2.46. The summed E-state index contributed by atoms with van der Waals surface area (Å²) >= 11 is 1.80. The standard InChI is InChI=1S/C16H24N2S/c1-4-17-9-11-18(12-10-17)14(2)15-7-5-6-8-16(13-15)19-3/h5-8,13,15H,2,4,9-12H2,1,3H3. The number of likely N-dealkylation sites (N-methyl/N-ethyl adjacent to an activating group) is 1. The zero-order valence-electron chi connectivity index (χ0n) is 12.0. The number of piperazine rings is 1. The van der Waals surface area contributed by atoms with Gasteiger partial charge in [-0.25, -0.2) is 0 Å². The molecule has 1 aliphatic heterocycles. The van der Waals surface area contributed by atoms with E-state index in [0.717, 1.165) is 32.7 Å². The number of hydrogen-bond acceptors (Lipinski definition) is 3. The molecule has 0 aromatic heterocycles. The molecule has 1 fully saturated rings. The maximum atomic E-state index is 4.34. The second kappa shape index (κ2) is 7.01. The molecule has 0 aromatic rings. The summed E-state index contributed by atoms with van der Waals surface area (Å²) in [6.45, 7) is 12.2. The summed E-state index contributed by atoms with van der Waals surface area (Å²) in [5, 5.41) is 0. The monoisotopic (exact) mass is 276 g/mol. The van der Waals surface area contributed by atoms with Crippen molar-refractivity contribution >= 4 is 11.8 Å². The summed E-state index contributed by atoms with van der Waals surface area (Å²) in [4.78, 5) is 6.27. The third-order valence-corrected chi connectivity index (χ3v) is 4.62. The van der Waals surface area contributed by atoms with E-state index in [4.69, 9.17) is 0 Å². The predicted molar refractivity (Wildman–Crippen MR) is 86.2 cm³/mol. The van der Waals surface area contributed by atoms with Gasteiger partial charge in [0.25, 0.3) is 0 Å². The van der Waals surface area contributed by atoms with Gasteiger partial charge in [-0.2, -0.15) is 0 Å². The smallest absolute Gasteiger partial charge is 0.0360 e. The van der Waals surface area contributed by atoms with Crippen LogP contribution in [-0.2, 0) is 0 Å². The minimum atomic E-state index is 0.339. The van der Waals surface area contributed by atoms with Crippen molar-refractivity contribution in [3.8, 4) is 0 Å². The molecule has 0 aromatic carbocycles. The summed E-state index contributed by atoms with van der Waals surface area (Å²) in [7, 11) is 0. The quantitative estimate of drug-likeness (QED) is 0.779. The first-order chi connectivity index (χ1) is 9.24. The van der Waals surface area contributed by atoms with Crippen molar-refractivity contribution in [1.29, 1.82) is 0 Å². The molecule has 1 atom stereocenters. The highest BCUT2D eigenvalue weighted by atomic mass is 32.2. The summed E-state index contributed by atoms with van der Waals surface area (Å²) < 4.78 is 0. The van der Waals surface area contributed by atoms with Gasteiger partial charge in [0, 0.05) is 42.7 Å². The molecule has 1 saturated heterocycles. The van der Waals surface area contributed by atoms with E-state index in [1.165, 1.54) is 10.6 Å². The van der Waals surface area contributed by atoms with Crippen molar-refractivity contribution in [2.24, 2.45) is 5.92 Å². The van der Waals surface area contributed by atoms with Crippen LogP contribution in [0.2, 0.25) is 0 Å². The van der Waals surface area contributed by atoms with Crippen molar-refractivity contribution in [2.45, 2.75) is 6.92 Å². The first kappa shape index (κ1) is 14.5. The van der Waals surface area contributed by atoms with Crippen molar-refractivity contribution in [1.82, 2.24) is 9.80 Å². The van der Waals surface area contributed by atoms with E-state index < -0.39 is 0 Å². The van der Waals surface area contributed by atoms with E-state index in [-0.39, 0.29) is 0 Å². The molecule has 3 heteroatoms. The van der Waals surface area contributed by atoms with Gasteiger partial charge in [-0.3, -0.25) is 0 Å². The highest BCUT2D eigenvalue weighted by Crippen LogP contribution is 2.26. The maximum absolute atomic E-state index is 4.34. The Morgan fingerprint density at radius 1 is 1.32 bits per heavy atom. The van der Waals surface area contributed by atoms with Gasteiger partial charge in [0.05, 0.1) is 0 Å². The van der Waals surface area contributed by atoms with Crippen LogP contribution >= 0.6 is 11.8 Å². The van der Waals surface area contributed by atoms with Gasteiger partial charge in [0.2, 0.25) is 0 Å². The van der Waals surface area contributed by atoms with Crippen LogP contribution in [0.15, 0.2) is 47.6 Å². The summed E-state index contributed by atoms with van der Waals surface area (Å²) in [6, 6.07) is 0. The Hall–Kier alpha value is -0.930. The highest BCUT2D eigenvalue weighted by Gasteiger charge is 2.20. The molecule has 1 heterocycles. The van der Waals surface area contributed by atoms with Crippen LogP contribution < -0.4 is 0 Å². The zero-order valence-corrected chi connectivity index (χ0v) is 12.8. The second-order valence-electron chi connectivity index (χ2n) is 4.96. The SMILES string of the molecule is C=C(C1C=CC=CC(SC)=C1)N1CCN(CC)CC1. The minimum absolute atomic E-state index is 0.339.